The molecule has 0 spiro atoms. The summed E-state index contributed by atoms with van der Waals surface area (Å²) in [7, 11) is 0. The summed E-state index contributed by atoms with van der Waals surface area (Å²) < 4.78 is 11.4. The van der Waals surface area contributed by atoms with Crippen LogP contribution in [0.15, 0.2) is 60.8 Å². The van der Waals surface area contributed by atoms with Crippen molar-refractivity contribution >= 4 is 16.8 Å². The van der Waals surface area contributed by atoms with Crippen LogP contribution in [0.5, 0.6) is 11.5 Å². The van der Waals surface area contributed by atoms with Crippen molar-refractivity contribution in [3.63, 3.8) is 0 Å². The van der Waals surface area contributed by atoms with Crippen LogP contribution in [0.3, 0.4) is 0 Å². The Bertz CT molecular complexity index is 886. The monoisotopic (exact) mass is 364 g/mol. The third-order valence-electron chi connectivity index (χ3n) is 3.95. The number of ether oxygens (including phenoxy) is 2. The maximum absolute atomic E-state index is 12.2. The zero-order chi connectivity index (χ0) is 19.1. The summed E-state index contributed by atoms with van der Waals surface area (Å²) in [6.45, 7) is 4.99. The zero-order valence-corrected chi connectivity index (χ0v) is 15.6. The first-order valence-corrected chi connectivity index (χ1v) is 9.15. The number of hydrogen-bond acceptors (Lipinski definition) is 4. The lowest BCUT2D eigenvalue weighted by atomic mass is 10.2. The topological polar surface area (TPSA) is 60.5 Å². The number of para-hydroxylation sites is 1. The Balaban J connectivity index is 1.44. The molecular formula is C22H24N2O3. The fraction of sp³-hybridized carbons (Fsp3) is 0.273. The molecule has 27 heavy (non-hydrogen) atoms. The summed E-state index contributed by atoms with van der Waals surface area (Å²) in [5.74, 6) is 1.43. The quantitative estimate of drug-likeness (QED) is 0.608. The number of pyridine rings is 1. The molecule has 0 saturated carbocycles. The molecule has 5 nitrogen and oxygen atoms in total. The number of benzene rings is 2. The molecule has 140 valence electrons. The van der Waals surface area contributed by atoms with Gasteiger partial charge in [0.25, 0.3) is 5.91 Å². The van der Waals surface area contributed by atoms with E-state index in [9.17, 15) is 4.79 Å². The summed E-state index contributed by atoms with van der Waals surface area (Å²) in [5.41, 5.74) is 1.47. The predicted octanol–water partition coefficient (Wildman–Crippen LogP) is 4.22. The van der Waals surface area contributed by atoms with E-state index in [2.05, 4.69) is 10.3 Å². The van der Waals surface area contributed by atoms with Gasteiger partial charge in [-0.15, -0.1) is 0 Å². The molecule has 0 radical (unpaired) electrons. The minimum Gasteiger partial charge on any atom is -0.491 e. The van der Waals surface area contributed by atoms with Crippen molar-refractivity contribution in [1.82, 2.24) is 10.3 Å². The molecule has 0 aliphatic heterocycles. The summed E-state index contributed by atoms with van der Waals surface area (Å²) in [5, 5.41) is 3.96. The molecule has 1 N–H and O–H groups in total. The molecule has 2 aromatic carbocycles. The van der Waals surface area contributed by atoms with Crippen LogP contribution < -0.4 is 14.8 Å². The second-order valence-corrected chi connectivity index (χ2v) is 6.48. The maximum atomic E-state index is 12.2. The van der Waals surface area contributed by atoms with E-state index in [4.69, 9.17) is 9.47 Å². The fourth-order valence-corrected chi connectivity index (χ4v) is 2.71. The molecule has 3 aromatic rings. The molecule has 1 heterocycles. The molecule has 1 aromatic heterocycles. The second kappa shape index (κ2) is 9.03. The number of carbonyl (C=O) groups excluding carboxylic acids is 1. The van der Waals surface area contributed by atoms with E-state index >= 15 is 0 Å². The van der Waals surface area contributed by atoms with Crippen LogP contribution in [-0.4, -0.2) is 30.1 Å². The van der Waals surface area contributed by atoms with Crippen molar-refractivity contribution in [3.05, 3.63) is 66.4 Å². The molecule has 0 bridgehead atoms. The lowest BCUT2D eigenvalue weighted by Crippen LogP contribution is -2.25. The van der Waals surface area contributed by atoms with Gasteiger partial charge in [-0.2, -0.15) is 0 Å². The molecule has 0 aliphatic rings. The Morgan fingerprint density at radius 3 is 2.63 bits per heavy atom. The average molecular weight is 364 g/mol. The molecule has 0 saturated heterocycles. The minimum absolute atomic E-state index is 0.0991. The Kier molecular flexibility index (Phi) is 6.26. The Morgan fingerprint density at radius 2 is 1.85 bits per heavy atom. The summed E-state index contributed by atoms with van der Waals surface area (Å²) in [6, 6.07) is 16.9. The number of nitrogens with zero attached hydrogens (tertiary/aromatic N) is 1. The summed E-state index contributed by atoms with van der Waals surface area (Å²) >= 11 is 0. The zero-order valence-electron chi connectivity index (χ0n) is 15.6. The first kappa shape index (κ1) is 18.7. The van der Waals surface area contributed by atoms with E-state index in [0.717, 1.165) is 22.4 Å². The van der Waals surface area contributed by atoms with Crippen molar-refractivity contribution in [1.29, 1.82) is 0 Å². The molecule has 0 aliphatic carbocycles. The first-order chi connectivity index (χ1) is 13.1. The third kappa shape index (κ3) is 5.20. The third-order valence-corrected chi connectivity index (χ3v) is 3.95. The molecule has 0 atom stereocenters. The van der Waals surface area contributed by atoms with Crippen LogP contribution in [0.4, 0.5) is 0 Å². The van der Waals surface area contributed by atoms with Crippen molar-refractivity contribution < 1.29 is 14.3 Å². The number of aromatic nitrogens is 1. The van der Waals surface area contributed by atoms with E-state index < -0.39 is 0 Å². The van der Waals surface area contributed by atoms with E-state index in [1.165, 1.54) is 0 Å². The minimum atomic E-state index is -0.0991. The molecule has 5 heteroatoms. The predicted molar refractivity (Wildman–Crippen MR) is 106 cm³/mol. The molecule has 0 unspecified atom stereocenters. The normalized spacial score (nSPS) is 10.8. The van der Waals surface area contributed by atoms with Gasteiger partial charge in [0.2, 0.25) is 0 Å². The van der Waals surface area contributed by atoms with Gasteiger partial charge in [0.1, 0.15) is 17.0 Å². The van der Waals surface area contributed by atoms with E-state index in [1.807, 2.05) is 56.3 Å². The fourth-order valence-electron chi connectivity index (χ4n) is 2.71. The van der Waals surface area contributed by atoms with Gasteiger partial charge in [-0.25, -0.2) is 0 Å². The van der Waals surface area contributed by atoms with Gasteiger partial charge in [0.15, 0.2) is 0 Å². The van der Waals surface area contributed by atoms with Gasteiger partial charge in [-0.05, 0) is 56.7 Å². The second-order valence-electron chi connectivity index (χ2n) is 6.48. The maximum Gasteiger partial charge on any atom is 0.251 e. The van der Waals surface area contributed by atoms with Gasteiger partial charge >= 0.3 is 0 Å². The van der Waals surface area contributed by atoms with Crippen molar-refractivity contribution in [2.45, 2.75) is 26.4 Å². The number of nitrogens with one attached hydrogen (secondary N) is 1. The highest BCUT2D eigenvalue weighted by Gasteiger charge is 2.06. The summed E-state index contributed by atoms with van der Waals surface area (Å²) in [4.78, 5) is 16.6. The molecule has 3 rings (SSSR count). The largest absolute Gasteiger partial charge is 0.491 e. The van der Waals surface area contributed by atoms with Crippen LogP contribution >= 0.6 is 0 Å². The van der Waals surface area contributed by atoms with Crippen molar-refractivity contribution in [2.75, 3.05) is 13.2 Å². The highest BCUT2D eigenvalue weighted by atomic mass is 16.5. The van der Waals surface area contributed by atoms with Gasteiger partial charge < -0.3 is 14.8 Å². The van der Waals surface area contributed by atoms with E-state index in [0.29, 0.717) is 25.1 Å². The smallest absolute Gasteiger partial charge is 0.251 e. The first-order valence-electron chi connectivity index (χ1n) is 9.15. The number of amides is 1. The van der Waals surface area contributed by atoms with Crippen LogP contribution in [0.2, 0.25) is 0 Å². The van der Waals surface area contributed by atoms with Gasteiger partial charge in [-0.3, -0.25) is 9.78 Å². The lowest BCUT2D eigenvalue weighted by molar-refractivity contribution is 0.0951. The van der Waals surface area contributed by atoms with Crippen molar-refractivity contribution in [2.24, 2.45) is 0 Å². The van der Waals surface area contributed by atoms with Crippen LogP contribution in [0.25, 0.3) is 10.9 Å². The van der Waals surface area contributed by atoms with E-state index in [1.54, 1.807) is 18.3 Å². The van der Waals surface area contributed by atoms with Gasteiger partial charge in [-0.1, -0.05) is 18.2 Å². The Morgan fingerprint density at radius 1 is 1.07 bits per heavy atom. The van der Waals surface area contributed by atoms with E-state index in [-0.39, 0.29) is 12.0 Å². The van der Waals surface area contributed by atoms with Crippen LogP contribution in [-0.2, 0) is 0 Å². The Hall–Kier alpha value is -3.08. The lowest BCUT2D eigenvalue weighted by Gasteiger charge is -2.11. The number of carbonyl (C=O) groups is 1. The highest BCUT2D eigenvalue weighted by molar-refractivity contribution is 5.94. The highest BCUT2D eigenvalue weighted by Crippen LogP contribution is 2.22. The molecule has 1 amide bonds. The average Bonchev–Trinajstić information content (AvgIpc) is 2.68. The summed E-state index contributed by atoms with van der Waals surface area (Å²) in [6.07, 6.45) is 2.58. The number of rotatable bonds is 8. The molecular weight excluding hydrogens is 340 g/mol. The van der Waals surface area contributed by atoms with Gasteiger partial charge in [0.05, 0.1) is 12.7 Å². The number of hydrogen-bond donors (Lipinski definition) is 1. The van der Waals surface area contributed by atoms with Gasteiger partial charge in [0, 0.05) is 23.7 Å². The van der Waals surface area contributed by atoms with Crippen LogP contribution in [0.1, 0.15) is 30.6 Å². The molecule has 0 fully saturated rings. The van der Waals surface area contributed by atoms with Crippen LogP contribution in [0, 0.1) is 0 Å². The number of fused-ring (bicyclic) bond motifs is 1. The van der Waals surface area contributed by atoms with Crippen molar-refractivity contribution in [3.8, 4) is 11.5 Å². The Labute approximate surface area is 159 Å². The standard InChI is InChI=1S/C22H24N2O3/c1-16(2)27-19-11-9-18(10-12-19)22(25)24-14-5-15-26-20-8-3-6-17-7-4-13-23-21(17)20/h3-4,6-13,16H,5,14-15H2,1-2H3,(H,24,25). The SMILES string of the molecule is CC(C)Oc1ccc(C(=O)NCCCOc2cccc3cccnc23)cc1.